The van der Waals surface area contributed by atoms with E-state index >= 15 is 0 Å². The topological polar surface area (TPSA) is 113 Å². The van der Waals surface area contributed by atoms with Crippen LogP contribution < -0.4 is 25.7 Å². The van der Waals surface area contributed by atoms with Crippen LogP contribution in [-0.4, -0.2) is 42.5 Å². The minimum Gasteiger partial charge on any atom is -0.496 e. The van der Waals surface area contributed by atoms with Crippen molar-refractivity contribution in [2.75, 3.05) is 24.8 Å². The third-order valence-electron chi connectivity index (χ3n) is 7.60. The number of rotatable bonds is 5. The number of amides is 2. The van der Waals surface area contributed by atoms with Crippen molar-refractivity contribution >= 4 is 34.0 Å². The molecule has 9 nitrogen and oxygen atoms in total. The number of alkyl halides is 2. The molecule has 0 aliphatic carbocycles. The van der Waals surface area contributed by atoms with Crippen LogP contribution >= 0.6 is 0 Å². The lowest BCUT2D eigenvalue weighted by atomic mass is 9.92. The second-order valence-corrected chi connectivity index (χ2v) is 10.6. The number of fused-ring (bicyclic) bond motifs is 10. The minimum atomic E-state index is -3.07. The molecule has 1 aromatic heterocycles. The van der Waals surface area contributed by atoms with E-state index in [-0.39, 0.29) is 42.0 Å². The Morgan fingerprint density at radius 2 is 1.81 bits per heavy atom. The van der Waals surface area contributed by atoms with Gasteiger partial charge in [0.25, 0.3) is 5.56 Å². The van der Waals surface area contributed by atoms with Gasteiger partial charge < -0.3 is 30.0 Å². The van der Waals surface area contributed by atoms with E-state index in [1.165, 1.54) is 23.1 Å². The molecule has 0 fully saturated rings. The normalized spacial score (nSPS) is 17.7. The Balaban J connectivity index is 1.60. The number of ether oxygens (including phenoxy) is 2. The van der Waals surface area contributed by atoms with Crippen molar-refractivity contribution in [3.8, 4) is 11.5 Å². The molecule has 6 rings (SSSR count). The highest BCUT2D eigenvalue weighted by Crippen LogP contribution is 2.35. The lowest BCUT2D eigenvalue weighted by molar-refractivity contribution is -0.131. The third kappa shape index (κ3) is 6.61. The standard InChI is InChI=1S/C32H32F2N4O5/c1-18-4-11-28(39)36-22-8-10-26(43-32(33)34)21(14-22)17-38(2)31(41)29(20-6-9-24(18)27(15-20)42-3)37-23-7-5-19-12-13-35-30(40)25(19)16-23/h5-10,12-16,18,29,32,37H,4,11,17H2,1-3H3,(H,35,40)(H,36,39)/t18-,29+/m0/s1. The van der Waals surface area contributed by atoms with Gasteiger partial charge in [-0.05, 0) is 71.3 Å². The summed E-state index contributed by atoms with van der Waals surface area (Å²) in [5, 5.41) is 7.29. The molecule has 224 valence electrons. The number of likely N-dealkylation sites (N-methyl/N-ethyl adjacent to an activating group) is 1. The zero-order valence-electron chi connectivity index (χ0n) is 23.9. The number of nitrogens with zero attached hydrogens (tertiary/aromatic N) is 1. The number of methoxy groups -OCH3 is 1. The number of aromatic nitrogens is 1. The minimum absolute atomic E-state index is 0.0444. The van der Waals surface area contributed by atoms with Crippen molar-refractivity contribution in [3.63, 3.8) is 0 Å². The average molecular weight is 591 g/mol. The van der Waals surface area contributed by atoms with E-state index in [2.05, 4.69) is 15.6 Å². The van der Waals surface area contributed by atoms with E-state index in [4.69, 9.17) is 9.47 Å². The average Bonchev–Trinajstić information content (AvgIpc) is 2.99. The highest BCUT2D eigenvalue weighted by atomic mass is 19.3. The molecule has 2 aliphatic rings. The van der Waals surface area contributed by atoms with Crippen LogP contribution in [0.4, 0.5) is 20.2 Å². The number of benzene rings is 3. The van der Waals surface area contributed by atoms with Gasteiger partial charge in [0, 0.05) is 48.5 Å². The molecule has 0 spiro atoms. The number of hydrogen-bond donors (Lipinski definition) is 3. The SMILES string of the molecule is COc1cc2ccc1[C@@H](C)CCC(=O)Nc1ccc(OC(F)F)c(c1)CN(C)C(=O)[C@@H]2Nc1ccc2cc[nH]c(=O)c2c1. The van der Waals surface area contributed by atoms with Gasteiger partial charge in [-0.3, -0.25) is 14.4 Å². The first-order chi connectivity index (χ1) is 20.6. The number of halogens is 2. The smallest absolute Gasteiger partial charge is 0.387 e. The first-order valence-electron chi connectivity index (χ1n) is 13.8. The molecular weight excluding hydrogens is 558 g/mol. The van der Waals surface area contributed by atoms with Gasteiger partial charge in [-0.2, -0.15) is 8.78 Å². The molecule has 3 aromatic carbocycles. The van der Waals surface area contributed by atoms with Gasteiger partial charge in [0.2, 0.25) is 11.8 Å². The highest BCUT2D eigenvalue weighted by molar-refractivity contribution is 5.91. The van der Waals surface area contributed by atoms with E-state index in [1.807, 2.05) is 19.1 Å². The third-order valence-corrected chi connectivity index (χ3v) is 7.60. The number of nitrogens with one attached hydrogen (secondary N) is 3. The van der Waals surface area contributed by atoms with E-state index in [9.17, 15) is 23.2 Å². The largest absolute Gasteiger partial charge is 0.496 e. The second-order valence-electron chi connectivity index (χ2n) is 10.6. The lowest BCUT2D eigenvalue weighted by Gasteiger charge is -2.28. The maximum Gasteiger partial charge on any atom is 0.387 e. The molecule has 3 heterocycles. The van der Waals surface area contributed by atoms with E-state index in [1.54, 1.807) is 50.7 Å². The molecular formula is C32H32F2N4O5. The van der Waals surface area contributed by atoms with Gasteiger partial charge in [-0.15, -0.1) is 0 Å². The van der Waals surface area contributed by atoms with Crippen LogP contribution in [0.2, 0.25) is 0 Å². The Kier molecular flexibility index (Phi) is 8.61. The molecule has 0 unspecified atom stereocenters. The Bertz CT molecular complexity index is 1720. The van der Waals surface area contributed by atoms with E-state index in [0.717, 1.165) is 10.9 Å². The summed E-state index contributed by atoms with van der Waals surface area (Å²) in [6.45, 7) is -1.17. The van der Waals surface area contributed by atoms with Crippen molar-refractivity contribution in [2.45, 2.75) is 44.9 Å². The molecule has 2 aliphatic heterocycles. The number of aromatic amines is 1. The van der Waals surface area contributed by atoms with Crippen LogP contribution in [0.3, 0.4) is 0 Å². The Hall–Kier alpha value is -4.93. The molecule has 43 heavy (non-hydrogen) atoms. The molecule has 4 bridgehead atoms. The van der Waals surface area contributed by atoms with Gasteiger partial charge in [-0.1, -0.05) is 25.1 Å². The van der Waals surface area contributed by atoms with Crippen LogP contribution in [0.5, 0.6) is 11.5 Å². The molecule has 0 saturated heterocycles. The summed E-state index contributed by atoms with van der Waals surface area (Å²) >= 11 is 0. The van der Waals surface area contributed by atoms with Gasteiger partial charge in [0.05, 0.1) is 7.11 Å². The van der Waals surface area contributed by atoms with Crippen LogP contribution in [-0.2, 0) is 16.1 Å². The van der Waals surface area contributed by atoms with Gasteiger partial charge in [0.15, 0.2) is 0 Å². The maximum atomic E-state index is 14.1. The summed E-state index contributed by atoms with van der Waals surface area (Å²) in [7, 11) is 3.10. The predicted molar refractivity (Wildman–Crippen MR) is 160 cm³/mol. The van der Waals surface area contributed by atoms with Crippen molar-refractivity contribution in [1.82, 2.24) is 9.88 Å². The monoisotopic (exact) mass is 590 g/mol. The van der Waals surface area contributed by atoms with Gasteiger partial charge in [-0.25, -0.2) is 0 Å². The van der Waals surface area contributed by atoms with Crippen molar-refractivity contribution < 1.29 is 27.8 Å². The van der Waals surface area contributed by atoms with Crippen LogP contribution in [0.1, 0.15) is 48.4 Å². The number of pyridine rings is 1. The Labute approximate surface area is 246 Å². The molecule has 0 saturated carbocycles. The fraction of sp³-hybridized carbons (Fsp3) is 0.281. The van der Waals surface area contributed by atoms with Crippen LogP contribution in [0, 0.1) is 0 Å². The molecule has 2 atom stereocenters. The van der Waals surface area contributed by atoms with Gasteiger partial charge >= 0.3 is 6.61 Å². The lowest BCUT2D eigenvalue weighted by Crippen LogP contribution is -2.35. The van der Waals surface area contributed by atoms with Crippen LogP contribution in [0.25, 0.3) is 10.8 Å². The van der Waals surface area contributed by atoms with Crippen molar-refractivity contribution in [2.24, 2.45) is 0 Å². The summed E-state index contributed by atoms with van der Waals surface area (Å²) in [4.78, 5) is 43.4. The maximum absolute atomic E-state index is 14.1. The second kappa shape index (κ2) is 12.5. The Morgan fingerprint density at radius 1 is 1.00 bits per heavy atom. The summed E-state index contributed by atoms with van der Waals surface area (Å²) in [6.07, 6.45) is 2.32. The van der Waals surface area contributed by atoms with Crippen molar-refractivity contribution in [3.05, 3.63) is 93.9 Å². The van der Waals surface area contributed by atoms with E-state index < -0.39 is 12.7 Å². The highest BCUT2D eigenvalue weighted by Gasteiger charge is 2.27. The van der Waals surface area contributed by atoms with Gasteiger partial charge in [0.1, 0.15) is 17.5 Å². The number of carbonyl (C=O) groups is 2. The molecule has 2 amide bonds. The number of H-pyrrole nitrogens is 1. The first kappa shape index (κ1) is 29.6. The van der Waals surface area contributed by atoms with Crippen molar-refractivity contribution in [1.29, 1.82) is 0 Å². The van der Waals surface area contributed by atoms with Crippen LogP contribution in [0.15, 0.2) is 71.7 Å². The molecule has 3 N–H and O–H groups in total. The first-order valence-corrected chi connectivity index (χ1v) is 13.8. The number of carbonyl (C=O) groups excluding carboxylic acids is 2. The number of anilines is 2. The molecule has 0 radical (unpaired) electrons. The summed E-state index contributed by atoms with van der Waals surface area (Å²) in [5.41, 5.74) is 2.44. The quantitative estimate of drug-likeness (QED) is 0.272. The summed E-state index contributed by atoms with van der Waals surface area (Å²) < 4.78 is 36.9. The molecule has 11 heteroatoms. The predicted octanol–water partition coefficient (Wildman–Crippen LogP) is 5.79. The fourth-order valence-electron chi connectivity index (χ4n) is 5.31. The summed E-state index contributed by atoms with van der Waals surface area (Å²) in [5.74, 6) is -0.198. The van der Waals surface area contributed by atoms with E-state index in [0.29, 0.717) is 40.1 Å². The fourth-order valence-corrected chi connectivity index (χ4v) is 5.31. The Morgan fingerprint density at radius 3 is 2.58 bits per heavy atom. The number of hydrogen-bond acceptors (Lipinski definition) is 6. The molecule has 4 aromatic rings. The zero-order chi connectivity index (χ0) is 30.7. The zero-order valence-corrected chi connectivity index (χ0v) is 23.9. The summed E-state index contributed by atoms with van der Waals surface area (Å²) in [6, 6.07) is 16.0.